The first-order chi connectivity index (χ1) is 13.5. The van der Waals surface area contributed by atoms with Crippen molar-refractivity contribution in [1.29, 1.82) is 0 Å². The molecule has 2 fully saturated rings. The SMILES string of the molecule is CC(C)C(NC(=O)c1ccco1)C(=O)NCC1(N2CCCCC2)CCCCC1. The number of likely N-dealkylation sites (tertiary alicyclic amines) is 1. The summed E-state index contributed by atoms with van der Waals surface area (Å²) in [6.45, 7) is 6.85. The number of carbonyl (C=O) groups is 2. The van der Waals surface area contributed by atoms with E-state index in [-0.39, 0.29) is 29.0 Å². The molecule has 1 aromatic rings. The predicted molar refractivity (Wildman–Crippen MR) is 109 cm³/mol. The second kappa shape index (κ2) is 9.59. The van der Waals surface area contributed by atoms with E-state index in [4.69, 9.17) is 4.42 Å². The molecule has 3 rings (SSSR count). The molecule has 0 spiro atoms. The molecule has 1 aliphatic heterocycles. The predicted octanol–water partition coefficient (Wildman–Crippen LogP) is 3.34. The van der Waals surface area contributed by atoms with E-state index in [9.17, 15) is 9.59 Å². The second-order valence-corrected chi connectivity index (χ2v) is 8.72. The molecule has 1 atom stereocenters. The fourth-order valence-electron chi connectivity index (χ4n) is 4.70. The van der Waals surface area contributed by atoms with Crippen molar-refractivity contribution in [1.82, 2.24) is 15.5 Å². The van der Waals surface area contributed by atoms with Gasteiger partial charge in [0.05, 0.1) is 6.26 Å². The smallest absolute Gasteiger partial charge is 0.287 e. The Morgan fingerprint density at radius 2 is 1.79 bits per heavy atom. The maximum Gasteiger partial charge on any atom is 0.287 e. The Kier molecular flexibility index (Phi) is 7.16. The first-order valence-corrected chi connectivity index (χ1v) is 10.9. The van der Waals surface area contributed by atoms with Crippen molar-refractivity contribution >= 4 is 11.8 Å². The van der Waals surface area contributed by atoms with Gasteiger partial charge in [0.15, 0.2) is 5.76 Å². The van der Waals surface area contributed by atoms with Gasteiger partial charge >= 0.3 is 0 Å². The summed E-state index contributed by atoms with van der Waals surface area (Å²) in [5, 5.41) is 6.04. The van der Waals surface area contributed by atoms with Crippen LogP contribution in [0.3, 0.4) is 0 Å². The Balaban J connectivity index is 1.63. The van der Waals surface area contributed by atoms with Crippen LogP contribution in [-0.4, -0.2) is 47.9 Å². The average Bonchev–Trinajstić information content (AvgIpc) is 3.26. The lowest BCUT2D eigenvalue weighted by atomic mass is 9.79. The van der Waals surface area contributed by atoms with Gasteiger partial charge in [0.25, 0.3) is 5.91 Å². The largest absolute Gasteiger partial charge is 0.459 e. The third kappa shape index (κ3) is 4.96. The summed E-state index contributed by atoms with van der Waals surface area (Å²) >= 11 is 0. The van der Waals surface area contributed by atoms with Crippen LogP contribution in [0.15, 0.2) is 22.8 Å². The van der Waals surface area contributed by atoms with Crippen LogP contribution in [0.5, 0.6) is 0 Å². The van der Waals surface area contributed by atoms with Gasteiger partial charge in [-0.1, -0.05) is 39.5 Å². The molecule has 0 aromatic carbocycles. The van der Waals surface area contributed by atoms with Gasteiger partial charge in [0.2, 0.25) is 5.91 Å². The van der Waals surface area contributed by atoms with Crippen molar-refractivity contribution in [2.24, 2.45) is 5.92 Å². The summed E-state index contributed by atoms with van der Waals surface area (Å²) in [6.07, 6.45) is 11.3. The van der Waals surface area contributed by atoms with E-state index in [0.717, 1.165) is 25.9 Å². The molecule has 1 aromatic heterocycles. The number of nitrogens with zero attached hydrogens (tertiary/aromatic N) is 1. The van der Waals surface area contributed by atoms with Crippen LogP contribution in [0, 0.1) is 5.92 Å². The molecule has 156 valence electrons. The van der Waals surface area contributed by atoms with Crippen LogP contribution >= 0.6 is 0 Å². The number of hydrogen-bond donors (Lipinski definition) is 2. The van der Waals surface area contributed by atoms with E-state index >= 15 is 0 Å². The summed E-state index contributed by atoms with van der Waals surface area (Å²) in [6, 6.07) is 2.71. The number of carbonyl (C=O) groups excluding carboxylic acids is 2. The normalized spacial score (nSPS) is 21.2. The Bertz CT molecular complexity index is 629. The van der Waals surface area contributed by atoms with Crippen molar-refractivity contribution in [3.63, 3.8) is 0 Å². The molecule has 2 aliphatic rings. The first-order valence-electron chi connectivity index (χ1n) is 10.9. The lowest BCUT2D eigenvalue weighted by Gasteiger charge is -2.48. The van der Waals surface area contributed by atoms with Crippen molar-refractivity contribution in [2.75, 3.05) is 19.6 Å². The number of amides is 2. The van der Waals surface area contributed by atoms with E-state index in [1.807, 2.05) is 13.8 Å². The topological polar surface area (TPSA) is 74.6 Å². The van der Waals surface area contributed by atoms with Crippen LogP contribution in [0.2, 0.25) is 0 Å². The zero-order valence-electron chi connectivity index (χ0n) is 17.3. The zero-order chi connectivity index (χ0) is 20.0. The van der Waals surface area contributed by atoms with Gasteiger partial charge in [-0.25, -0.2) is 0 Å². The summed E-state index contributed by atoms with van der Waals surface area (Å²) < 4.78 is 5.16. The van der Waals surface area contributed by atoms with Gasteiger partial charge < -0.3 is 15.1 Å². The molecule has 6 heteroatoms. The number of rotatable bonds is 7. The van der Waals surface area contributed by atoms with E-state index < -0.39 is 6.04 Å². The number of piperidine rings is 1. The van der Waals surface area contributed by atoms with E-state index in [1.165, 1.54) is 44.8 Å². The minimum Gasteiger partial charge on any atom is -0.459 e. The summed E-state index contributed by atoms with van der Waals surface area (Å²) in [7, 11) is 0. The minimum absolute atomic E-state index is 0.00351. The Morgan fingerprint density at radius 1 is 1.11 bits per heavy atom. The molecule has 1 saturated heterocycles. The van der Waals surface area contributed by atoms with Gasteiger partial charge in [-0.05, 0) is 56.8 Å². The quantitative estimate of drug-likeness (QED) is 0.750. The molecule has 0 radical (unpaired) electrons. The fourth-order valence-corrected chi connectivity index (χ4v) is 4.70. The first kappa shape index (κ1) is 20.9. The van der Waals surface area contributed by atoms with Gasteiger partial charge in [0, 0.05) is 12.1 Å². The molecule has 1 unspecified atom stereocenters. The second-order valence-electron chi connectivity index (χ2n) is 8.72. The molecule has 2 N–H and O–H groups in total. The third-order valence-electron chi connectivity index (χ3n) is 6.38. The molecule has 0 bridgehead atoms. The van der Waals surface area contributed by atoms with Crippen molar-refractivity contribution in [3.05, 3.63) is 24.2 Å². The van der Waals surface area contributed by atoms with E-state index in [1.54, 1.807) is 12.1 Å². The highest BCUT2D eigenvalue weighted by Crippen LogP contribution is 2.35. The molecule has 2 heterocycles. The number of hydrogen-bond acceptors (Lipinski definition) is 4. The van der Waals surface area contributed by atoms with Crippen LogP contribution in [-0.2, 0) is 4.79 Å². The van der Waals surface area contributed by atoms with Gasteiger partial charge in [-0.3, -0.25) is 14.5 Å². The summed E-state index contributed by atoms with van der Waals surface area (Å²) in [5.41, 5.74) is 0.0842. The molecular formula is C22H35N3O3. The maximum absolute atomic E-state index is 13.0. The molecule has 28 heavy (non-hydrogen) atoms. The standard InChI is InChI=1S/C22H35N3O3/c1-17(2)19(24-20(26)18-10-9-15-28-18)21(27)23-16-22(11-5-3-6-12-22)25-13-7-4-8-14-25/h9-10,15,17,19H,3-8,11-14,16H2,1-2H3,(H,23,27)(H,24,26). The van der Waals surface area contributed by atoms with Crippen LogP contribution in [0.25, 0.3) is 0 Å². The summed E-state index contributed by atoms with van der Waals surface area (Å²) in [5.74, 6) is -0.217. The Labute approximate surface area is 168 Å². The van der Waals surface area contributed by atoms with E-state index in [0.29, 0.717) is 6.54 Å². The highest BCUT2D eigenvalue weighted by Gasteiger charge is 2.39. The minimum atomic E-state index is -0.570. The highest BCUT2D eigenvalue weighted by atomic mass is 16.3. The Hall–Kier alpha value is -1.82. The molecule has 1 aliphatic carbocycles. The third-order valence-corrected chi connectivity index (χ3v) is 6.38. The monoisotopic (exact) mass is 389 g/mol. The van der Waals surface area contributed by atoms with Crippen LogP contribution < -0.4 is 10.6 Å². The lowest BCUT2D eigenvalue weighted by Crippen LogP contribution is -2.60. The van der Waals surface area contributed by atoms with Crippen LogP contribution in [0.4, 0.5) is 0 Å². The Morgan fingerprint density at radius 3 is 2.39 bits per heavy atom. The highest BCUT2D eigenvalue weighted by molar-refractivity contribution is 5.95. The van der Waals surface area contributed by atoms with Gasteiger partial charge in [-0.2, -0.15) is 0 Å². The van der Waals surface area contributed by atoms with Crippen molar-refractivity contribution in [2.45, 2.75) is 76.8 Å². The van der Waals surface area contributed by atoms with Gasteiger partial charge in [-0.15, -0.1) is 0 Å². The van der Waals surface area contributed by atoms with E-state index in [2.05, 4.69) is 15.5 Å². The van der Waals surface area contributed by atoms with Crippen molar-refractivity contribution < 1.29 is 14.0 Å². The average molecular weight is 390 g/mol. The van der Waals surface area contributed by atoms with Crippen LogP contribution in [0.1, 0.15) is 75.8 Å². The molecule has 2 amide bonds. The lowest BCUT2D eigenvalue weighted by molar-refractivity contribution is -0.125. The zero-order valence-corrected chi connectivity index (χ0v) is 17.3. The number of furan rings is 1. The molecule has 1 saturated carbocycles. The maximum atomic E-state index is 13.0. The summed E-state index contributed by atoms with van der Waals surface area (Å²) in [4.78, 5) is 28.0. The molecule has 6 nitrogen and oxygen atoms in total. The molecular weight excluding hydrogens is 354 g/mol. The van der Waals surface area contributed by atoms with Crippen molar-refractivity contribution in [3.8, 4) is 0 Å². The fraction of sp³-hybridized carbons (Fsp3) is 0.727. The number of nitrogens with one attached hydrogen (secondary N) is 2. The van der Waals surface area contributed by atoms with Gasteiger partial charge in [0.1, 0.15) is 6.04 Å².